The number of esters is 1. The number of carbonyl (C=O) groups excluding carboxylic acids is 1. The third kappa shape index (κ3) is 7.09. The smallest absolute Gasteiger partial charge is 0.330 e. The Labute approximate surface area is 83.7 Å². The molecule has 0 aromatic heterocycles. The average Bonchev–Trinajstić information content (AvgIpc) is 2.22. The molecule has 0 aromatic rings. The van der Waals surface area contributed by atoms with Gasteiger partial charge in [0.1, 0.15) is 0 Å². The van der Waals surface area contributed by atoms with E-state index < -0.39 is 5.97 Å². The highest BCUT2D eigenvalue weighted by molar-refractivity contribution is 5.83. The van der Waals surface area contributed by atoms with Crippen molar-refractivity contribution < 1.29 is 14.3 Å². The van der Waals surface area contributed by atoms with E-state index >= 15 is 0 Å². The molecule has 0 spiro atoms. The molecule has 0 bridgehead atoms. The van der Waals surface area contributed by atoms with E-state index in [2.05, 4.69) is 13.2 Å². The van der Waals surface area contributed by atoms with Crippen LogP contribution in [0.5, 0.6) is 0 Å². The van der Waals surface area contributed by atoms with Crippen LogP contribution in [0.4, 0.5) is 0 Å². The van der Waals surface area contributed by atoms with Crippen LogP contribution < -0.4 is 0 Å². The van der Waals surface area contributed by atoms with Gasteiger partial charge in [-0.3, -0.25) is 5.41 Å². The first-order valence-electron chi connectivity index (χ1n) is 4.33. The van der Waals surface area contributed by atoms with Crippen molar-refractivity contribution >= 4 is 11.9 Å². The van der Waals surface area contributed by atoms with Gasteiger partial charge in [0.05, 0.1) is 13.2 Å². The Hall–Kier alpha value is -1.58. The van der Waals surface area contributed by atoms with Crippen LogP contribution in [-0.2, 0) is 14.3 Å². The van der Waals surface area contributed by atoms with Crippen molar-refractivity contribution in [1.82, 2.24) is 0 Å². The van der Waals surface area contributed by atoms with Gasteiger partial charge >= 0.3 is 5.97 Å². The first kappa shape index (κ1) is 12.4. The van der Waals surface area contributed by atoms with E-state index in [1.165, 1.54) is 6.08 Å². The van der Waals surface area contributed by atoms with Gasteiger partial charge in [0.25, 0.3) is 0 Å². The highest BCUT2D eigenvalue weighted by Crippen LogP contribution is 1.93. The molecule has 0 aliphatic rings. The number of nitrogens with one attached hydrogen (secondary N) is 1. The number of rotatable bonds is 7. The van der Waals surface area contributed by atoms with Crippen LogP contribution in [0, 0.1) is 5.41 Å². The third-order valence-electron chi connectivity index (χ3n) is 1.39. The fourth-order valence-corrected chi connectivity index (χ4v) is 0.677. The maximum atomic E-state index is 10.6. The summed E-state index contributed by atoms with van der Waals surface area (Å²) in [5.41, 5.74) is 0. The minimum absolute atomic E-state index is 0.0630. The molecule has 0 aromatic carbocycles. The summed E-state index contributed by atoms with van der Waals surface area (Å²) in [4.78, 5) is 10.6. The molecule has 0 aliphatic carbocycles. The number of unbranched alkanes of at least 4 members (excludes halogenated alkanes) is 1. The lowest BCUT2D eigenvalue weighted by atomic mass is 10.3. The molecule has 0 atom stereocenters. The monoisotopic (exact) mass is 197 g/mol. The summed E-state index contributed by atoms with van der Waals surface area (Å²) < 4.78 is 9.67. The lowest BCUT2D eigenvalue weighted by Crippen LogP contribution is -2.05. The lowest BCUT2D eigenvalue weighted by molar-refractivity contribution is -0.137. The third-order valence-corrected chi connectivity index (χ3v) is 1.39. The molecular formula is C10H15NO3. The molecule has 14 heavy (non-hydrogen) atoms. The molecule has 0 unspecified atom stereocenters. The molecule has 4 heteroatoms. The first-order chi connectivity index (χ1) is 6.70. The van der Waals surface area contributed by atoms with Crippen molar-refractivity contribution in [3.63, 3.8) is 0 Å². The second kappa shape index (κ2) is 8.04. The Morgan fingerprint density at radius 3 is 2.21 bits per heavy atom. The molecular weight excluding hydrogens is 182 g/mol. The summed E-state index contributed by atoms with van der Waals surface area (Å²) in [6.07, 6.45) is 3.91. The summed E-state index contributed by atoms with van der Waals surface area (Å²) in [5, 5.41) is 7.08. The summed E-state index contributed by atoms with van der Waals surface area (Å²) in [5.74, 6) is -0.349. The van der Waals surface area contributed by atoms with Crippen molar-refractivity contribution in [2.75, 3.05) is 13.2 Å². The number of carbonyl (C=O) groups is 1. The van der Waals surface area contributed by atoms with Gasteiger partial charge < -0.3 is 9.47 Å². The zero-order valence-electron chi connectivity index (χ0n) is 8.12. The largest absolute Gasteiger partial charge is 0.478 e. The van der Waals surface area contributed by atoms with E-state index in [1.54, 1.807) is 0 Å². The van der Waals surface area contributed by atoms with E-state index in [1.807, 2.05) is 0 Å². The van der Waals surface area contributed by atoms with Crippen LogP contribution >= 0.6 is 0 Å². The average molecular weight is 197 g/mol. The number of hydrogen-bond donors (Lipinski definition) is 1. The van der Waals surface area contributed by atoms with Crippen molar-refractivity contribution in [3.05, 3.63) is 25.3 Å². The van der Waals surface area contributed by atoms with Gasteiger partial charge in [-0.1, -0.05) is 13.2 Å². The minimum atomic E-state index is -0.412. The van der Waals surface area contributed by atoms with Crippen molar-refractivity contribution in [1.29, 1.82) is 5.41 Å². The van der Waals surface area contributed by atoms with E-state index in [9.17, 15) is 4.79 Å². The van der Waals surface area contributed by atoms with Gasteiger partial charge in [0, 0.05) is 6.08 Å². The van der Waals surface area contributed by atoms with Crippen molar-refractivity contribution in [2.24, 2.45) is 0 Å². The molecule has 78 valence electrons. The molecule has 0 heterocycles. The van der Waals surface area contributed by atoms with Gasteiger partial charge in [-0.25, -0.2) is 4.79 Å². The van der Waals surface area contributed by atoms with Crippen molar-refractivity contribution in [3.8, 4) is 0 Å². The molecule has 4 nitrogen and oxygen atoms in total. The van der Waals surface area contributed by atoms with Crippen LogP contribution in [-0.4, -0.2) is 25.1 Å². The van der Waals surface area contributed by atoms with E-state index in [0.29, 0.717) is 19.6 Å². The zero-order valence-corrected chi connectivity index (χ0v) is 8.12. The topological polar surface area (TPSA) is 59.4 Å². The Balaban J connectivity index is 3.21. The van der Waals surface area contributed by atoms with Crippen LogP contribution in [0.1, 0.15) is 12.8 Å². The Morgan fingerprint density at radius 2 is 1.71 bits per heavy atom. The van der Waals surface area contributed by atoms with Crippen molar-refractivity contribution in [2.45, 2.75) is 12.8 Å². The maximum absolute atomic E-state index is 10.6. The fourth-order valence-electron chi connectivity index (χ4n) is 0.677. The molecule has 0 fully saturated rings. The highest BCUT2D eigenvalue weighted by Gasteiger charge is 1.95. The van der Waals surface area contributed by atoms with Crippen LogP contribution in [0.3, 0.4) is 0 Å². The maximum Gasteiger partial charge on any atom is 0.330 e. The predicted molar refractivity (Wildman–Crippen MR) is 54.3 cm³/mol. The van der Waals surface area contributed by atoms with E-state index in [-0.39, 0.29) is 5.90 Å². The summed E-state index contributed by atoms with van der Waals surface area (Å²) in [7, 11) is 0. The Bertz CT molecular complexity index is 199. The van der Waals surface area contributed by atoms with Crippen LogP contribution in [0.2, 0.25) is 0 Å². The first-order valence-corrected chi connectivity index (χ1v) is 4.33. The van der Waals surface area contributed by atoms with Crippen LogP contribution in [0.15, 0.2) is 25.3 Å². The normalized spacial score (nSPS) is 8.86. The number of hydrogen-bond acceptors (Lipinski definition) is 4. The van der Waals surface area contributed by atoms with E-state index in [0.717, 1.165) is 12.5 Å². The lowest BCUT2D eigenvalue weighted by Gasteiger charge is -2.03. The van der Waals surface area contributed by atoms with Gasteiger partial charge in [-0.05, 0) is 18.9 Å². The standard InChI is InChI=1S/C10H15NO3/c1-3-9(11)13-7-5-6-8-14-10(12)4-2/h3-4,11H,1-2,5-8H2. The Kier molecular flexibility index (Phi) is 7.13. The van der Waals surface area contributed by atoms with Crippen LogP contribution in [0.25, 0.3) is 0 Å². The highest BCUT2D eigenvalue weighted by atomic mass is 16.5. The summed E-state index contributed by atoms with van der Waals surface area (Å²) in [6.45, 7) is 7.45. The van der Waals surface area contributed by atoms with Gasteiger partial charge in [0.2, 0.25) is 5.90 Å². The fraction of sp³-hybridized carbons (Fsp3) is 0.400. The zero-order chi connectivity index (χ0) is 10.8. The minimum Gasteiger partial charge on any atom is -0.478 e. The van der Waals surface area contributed by atoms with Gasteiger partial charge in [-0.2, -0.15) is 0 Å². The quantitative estimate of drug-likeness (QED) is 0.222. The predicted octanol–water partition coefficient (Wildman–Crippen LogP) is 1.68. The molecule has 1 N–H and O–H groups in total. The second-order valence-corrected chi connectivity index (χ2v) is 2.50. The SMILES string of the molecule is C=CC(=N)OCCCCOC(=O)C=C. The molecule has 0 aliphatic heterocycles. The molecule has 0 radical (unpaired) electrons. The summed E-state index contributed by atoms with van der Waals surface area (Å²) >= 11 is 0. The van der Waals surface area contributed by atoms with Gasteiger partial charge in [-0.15, -0.1) is 0 Å². The molecule has 0 saturated heterocycles. The molecule has 0 rings (SSSR count). The number of ether oxygens (including phenoxy) is 2. The molecule has 0 saturated carbocycles. The van der Waals surface area contributed by atoms with E-state index in [4.69, 9.17) is 14.9 Å². The Morgan fingerprint density at radius 1 is 1.14 bits per heavy atom. The second-order valence-electron chi connectivity index (χ2n) is 2.50. The van der Waals surface area contributed by atoms with Gasteiger partial charge in [0.15, 0.2) is 0 Å². The molecule has 0 amide bonds. The summed E-state index contributed by atoms with van der Waals surface area (Å²) in [6, 6.07) is 0.